The molecule has 0 amide bonds. The van der Waals surface area contributed by atoms with Crippen LogP contribution in [-0.4, -0.2) is 4.92 Å². The fraction of sp³-hybridized carbons (Fsp3) is 0.0769. The molecular formula is C13H10BrClN2O2. The first-order valence-corrected chi connectivity index (χ1v) is 6.66. The van der Waals surface area contributed by atoms with Crippen molar-refractivity contribution in [1.82, 2.24) is 0 Å². The molecule has 19 heavy (non-hydrogen) atoms. The molecule has 0 unspecified atom stereocenters. The van der Waals surface area contributed by atoms with Gasteiger partial charge in [-0.2, -0.15) is 0 Å². The molecule has 0 heterocycles. The summed E-state index contributed by atoms with van der Waals surface area (Å²) in [6, 6.07) is 12.2. The summed E-state index contributed by atoms with van der Waals surface area (Å²) >= 11 is 9.24. The Morgan fingerprint density at radius 2 is 2.00 bits per heavy atom. The summed E-state index contributed by atoms with van der Waals surface area (Å²) < 4.78 is 0.681. The number of hydrogen-bond acceptors (Lipinski definition) is 3. The summed E-state index contributed by atoms with van der Waals surface area (Å²) in [5, 5.41) is 14.7. The molecule has 2 aromatic rings. The van der Waals surface area contributed by atoms with Gasteiger partial charge < -0.3 is 5.32 Å². The van der Waals surface area contributed by atoms with Crippen LogP contribution in [0.4, 0.5) is 11.4 Å². The standard InChI is InChI=1S/C13H10BrClN2O2/c14-10-6-5-9(13(7-10)17(18)19)8-16-12-4-2-1-3-11(12)15/h1-7,16H,8H2. The molecule has 0 spiro atoms. The van der Waals surface area contributed by atoms with Gasteiger partial charge in [-0.1, -0.05) is 39.7 Å². The normalized spacial score (nSPS) is 10.2. The lowest BCUT2D eigenvalue weighted by molar-refractivity contribution is -0.385. The van der Waals surface area contributed by atoms with Crippen LogP contribution in [-0.2, 0) is 6.54 Å². The SMILES string of the molecule is O=[N+]([O-])c1cc(Br)ccc1CNc1ccccc1Cl. The second-order valence-corrected chi connectivity index (χ2v) is 5.19. The van der Waals surface area contributed by atoms with Crippen molar-refractivity contribution >= 4 is 38.9 Å². The molecule has 2 rings (SSSR count). The average molecular weight is 342 g/mol. The quantitative estimate of drug-likeness (QED) is 0.652. The number of para-hydroxylation sites is 1. The van der Waals surface area contributed by atoms with Crippen molar-refractivity contribution in [3.63, 3.8) is 0 Å². The molecule has 0 aromatic heterocycles. The minimum Gasteiger partial charge on any atom is -0.379 e. The van der Waals surface area contributed by atoms with Gasteiger partial charge in [0.1, 0.15) is 0 Å². The van der Waals surface area contributed by atoms with Gasteiger partial charge in [0.05, 0.1) is 15.6 Å². The summed E-state index contributed by atoms with van der Waals surface area (Å²) in [4.78, 5) is 10.6. The predicted molar refractivity (Wildman–Crippen MR) is 79.6 cm³/mol. The number of nitro groups is 1. The van der Waals surface area contributed by atoms with Gasteiger partial charge in [0.25, 0.3) is 5.69 Å². The van der Waals surface area contributed by atoms with Crippen molar-refractivity contribution in [3.8, 4) is 0 Å². The summed E-state index contributed by atoms with van der Waals surface area (Å²) in [5.74, 6) is 0. The monoisotopic (exact) mass is 340 g/mol. The molecule has 98 valence electrons. The lowest BCUT2D eigenvalue weighted by Gasteiger charge is -2.08. The maximum atomic E-state index is 11.0. The molecule has 4 nitrogen and oxygen atoms in total. The third kappa shape index (κ3) is 3.45. The maximum Gasteiger partial charge on any atom is 0.275 e. The van der Waals surface area contributed by atoms with Crippen LogP contribution < -0.4 is 5.32 Å². The Hall–Kier alpha value is -1.59. The summed E-state index contributed by atoms with van der Waals surface area (Å²) in [6.45, 7) is 0.341. The topological polar surface area (TPSA) is 55.2 Å². The van der Waals surface area contributed by atoms with Crippen molar-refractivity contribution in [2.75, 3.05) is 5.32 Å². The smallest absolute Gasteiger partial charge is 0.275 e. The molecule has 0 saturated heterocycles. The van der Waals surface area contributed by atoms with Crippen molar-refractivity contribution in [2.45, 2.75) is 6.54 Å². The van der Waals surface area contributed by atoms with Gasteiger partial charge >= 0.3 is 0 Å². The minimum atomic E-state index is -0.394. The van der Waals surface area contributed by atoms with Crippen molar-refractivity contribution in [3.05, 3.63) is 67.6 Å². The van der Waals surface area contributed by atoms with Crippen LogP contribution in [0, 0.1) is 10.1 Å². The van der Waals surface area contributed by atoms with Crippen LogP contribution in [0.1, 0.15) is 5.56 Å². The third-order valence-corrected chi connectivity index (χ3v) is 3.41. The van der Waals surface area contributed by atoms with Gasteiger partial charge in [-0.25, -0.2) is 0 Å². The lowest BCUT2D eigenvalue weighted by atomic mass is 10.2. The zero-order chi connectivity index (χ0) is 13.8. The van der Waals surface area contributed by atoms with E-state index < -0.39 is 4.92 Å². The zero-order valence-corrected chi connectivity index (χ0v) is 12.1. The van der Waals surface area contributed by atoms with Crippen molar-refractivity contribution in [1.29, 1.82) is 0 Å². The fourth-order valence-electron chi connectivity index (χ4n) is 1.65. The third-order valence-electron chi connectivity index (χ3n) is 2.59. The molecule has 2 aromatic carbocycles. The van der Waals surface area contributed by atoms with Gasteiger partial charge in [-0.15, -0.1) is 0 Å². The summed E-state index contributed by atoms with van der Waals surface area (Å²) in [6.07, 6.45) is 0. The second kappa shape index (κ2) is 6.04. The molecule has 0 radical (unpaired) electrons. The minimum absolute atomic E-state index is 0.0777. The number of nitrogens with one attached hydrogen (secondary N) is 1. The van der Waals surface area contributed by atoms with E-state index in [1.165, 1.54) is 6.07 Å². The van der Waals surface area contributed by atoms with E-state index in [4.69, 9.17) is 11.6 Å². The van der Waals surface area contributed by atoms with E-state index in [-0.39, 0.29) is 5.69 Å². The van der Waals surface area contributed by atoms with Crippen molar-refractivity contribution in [2.24, 2.45) is 0 Å². The number of nitrogens with zero attached hydrogens (tertiary/aromatic N) is 1. The van der Waals surface area contributed by atoms with Crippen LogP contribution in [0.15, 0.2) is 46.9 Å². The van der Waals surface area contributed by atoms with E-state index in [9.17, 15) is 10.1 Å². The van der Waals surface area contributed by atoms with Crippen LogP contribution in [0.5, 0.6) is 0 Å². The van der Waals surface area contributed by atoms with Gasteiger partial charge in [0.15, 0.2) is 0 Å². The highest BCUT2D eigenvalue weighted by Crippen LogP contribution is 2.26. The molecule has 0 atom stereocenters. The maximum absolute atomic E-state index is 11.0. The molecule has 0 fully saturated rings. The Bertz CT molecular complexity index is 619. The first-order chi connectivity index (χ1) is 9.08. The van der Waals surface area contributed by atoms with Gasteiger partial charge in [-0.05, 0) is 24.3 Å². The highest BCUT2D eigenvalue weighted by molar-refractivity contribution is 9.10. The number of rotatable bonds is 4. The number of anilines is 1. The van der Waals surface area contributed by atoms with E-state index in [2.05, 4.69) is 21.2 Å². The number of hydrogen-bond donors (Lipinski definition) is 1. The Labute approximate surface area is 123 Å². The highest BCUT2D eigenvalue weighted by Gasteiger charge is 2.13. The van der Waals surface area contributed by atoms with Crippen molar-refractivity contribution < 1.29 is 4.92 Å². The summed E-state index contributed by atoms with van der Waals surface area (Å²) in [5.41, 5.74) is 1.43. The Kier molecular flexibility index (Phi) is 4.39. The molecule has 0 aliphatic carbocycles. The number of benzene rings is 2. The zero-order valence-electron chi connectivity index (χ0n) is 9.77. The van der Waals surface area contributed by atoms with E-state index in [1.54, 1.807) is 18.2 Å². The van der Waals surface area contributed by atoms with E-state index in [0.717, 1.165) is 5.69 Å². The molecule has 0 aliphatic rings. The number of halogens is 2. The Morgan fingerprint density at radius 1 is 1.26 bits per heavy atom. The van der Waals surface area contributed by atoms with E-state index in [0.29, 0.717) is 21.6 Å². The number of nitro benzene ring substituents is 1. The molecule has 0 bridgehead atoms. The van der Waals surface area contributed by atoms with Crippen LogP contribution in [0.2, 0.25) is 5.02 Å². The molecule has 0 saturated carbocycles. The van der Waals surface area contributed by atoms with Gasteiger partial charge in [0.2, 0.25) is 0 Å². The van der Waals surface area contributed by atoms with E-state index in [1.807, 2.05) is 18.2 Å². The molecular weight excluding hydrogens is 332 g/mol. The second-order valence-electron chi connectivity index (χ2n) is 3.86. The lowest BCUT2D eigenvalue weighted by Crippen LogP contribution is -2.03. The Morgan fingerprint density at radius 3 is 2.68 bits per heavy atom. The molecule has 1 N–H and O–H groups in total. The van der Waals surface area contributed by atoms with Gasteiger partial charge in [-0.3, -0.25) is 10.1 Å². The van der Waals surface area contributed by atoms with Crippen LogP contribution in [0.3, 0.4) is 0 Å². The average Bonchev–Trinajstić information content (AvgIpc) is 2.38. The Balaban J connectivity index is 2.20. The highest BCUT2D eigenvalue weighted by atomic mass is 79.9. The largest absolute Gasteiger partial charge is 0.379 e. The fourth-order valence-corrected chi connectivity index (χ4v) is 2.20. The predicted octanol–water partition coefficient (Wildman–Crippen LogP) is 4.62. The first kappa shape index (κ1) is 13.8. The van der Waals surface area contributed by atoms with Crippen LogP contribution in [0.25, 0.3) is 0 Å². The van der Waals surface area contributed by atoms with Gasteiger partial charge in [0, 0.05) is 22.6 Å². The molecule has 6 heteroatoms. The molecule has 0 aliphatic heterocycles. The van der Waals surface area contributed by atoms with Crippen LogP contribution >= 0.6 is 27.5 Å². The summed E-state index contributed by atoms with van der Waals surface area (Å²) in [7, 11) is 0. The first-order valence-electron chi connectivity index (χ1n) is 5.49. The van der Waals surface area contributed by atoms with E-state index >= 15 is 0 Å².